The van der Waals surface area contributed by atoms with Crippen molar-refractivity contribution in [2.75, 3.05) is 0 Å². The van der Waals surface area contributed by atoms with Crippen LogP contribution < -0.4 is 0 Å². The van der Waals surface area contributed by atoms with Gasteiger partial charge in [-0.25, -0.2) is 0 Å². The van der Waals surface area contributed by atoms with Crippen molar-refractivity contribution in [3.63, 3.8) is 0 Å². The monoisotopic (exact) mass is 178 g/mol. The Morgan fingerprint density at radius 1 is 0.923 bits per heavy atom. The summed E-state index contributed by atoms with van der Waals surface area (Å²) in [7, 11) is 0. The Morgan fingerprint density at radius 3 is 2.31 bits per heavy atom. The minimum Gasteiger partial charge on any atom is -0.299 e. The molecule has 0 N–H and O–H groups in total. The molecular formula is C12H18O. The van der Waals surface area contributed by atoms with Gasteiger partial charge >= 0.3 is 0 Å². The first kappa shape index (κ1) is 11.9. The molecule has 13 heavy (non-hydrogen) atoms. The third kappa shape index (κ3) is 10.9. The first-order valence-corrected chi connectivity index (χ1v) is 4.85. The molecule has 0 bridgehead atoms. The summed E-state index contributed by atoms with van der Waals surface area (Å²) >= 11 is 0. The molecule has 0 aromatic rings. The van der Waals surface area contributed by atoms with Gasteiger partial charge in [0, 0.05) is 0 Å². The van der Waals surface area contributed by atoms with Crippen LogP contribution >= 0.6 is 0 Å². The second-order valence-corrected chi connectivity index (χ2v) is 2.83. The van der Waals surface area contributed by atoms with E-state index in [0.717, 1.165) is 12.7 Å². The van der Waals surface area contributed by atoms with Gasteiger partial charge in [0.25, 0.3) is 0 Å². The van der Waals surface area contributed by atoms with Crippen LogP contribution in [-0.4, -0.2) is 6.29 Å². The highest BCUT2D eigenvalue weighted by atomic mass is 16.1. The number of carbonyl (C=O) groups is 1. The Labute approximate surface area is 80.8 Å². The SMILES string of the molecule is CCCCCC=CC=C/C=C\C=O. The van der Waals surface area contributed by atoms with Gasteiger partial charge in [0.15, 0.2) is 0 Å². The Hall–Kier alpha value is -1.11. The van der Waals surface area contributed by atoms with Crippen LogP contribution in [0.15, 0.2) is 36.5 Å². The van der Waals surface area contributed by atoms with E-state index in [1.54, 1.807) is 6.08 Å². The molecule has 0 spiro atoms. The number of aldehydes is 1. The molecule has 0 unspecified atom stereocenters. The van der Waals surface area contributed by atoms with Crippen LogP contribution in [-0.2, 0) is 4.79 Å². The molecule has 0 fully saturated rings. The predicted molar refractivity (Wildman–Crippen MR) is 57.6 cm³/mol. The molecule has 1 nitrogen and oxygen atoms in total. The number of hydrogen-bond donors (Lipinski definition) is 0. The zero-order valence-electron chi connectivity index (χ0n) is 8.28. The second-order valence-electron chi connectivity index (χ2n) is 2.83. The number of carbonyl (C=O) groups excluding carboxylic acids is 1. The molecular weight excluding hydrogens is 160 g/mol. The van der Waals surface area contributed by atoms with Crippen molar-refractivity contribution in [2.24, 2.45) is 0 Å². The van der Waals surface area contributed by atoms with Gasteiger partial charge in [-0.3, -0.25) is 4.79 Å². The van der Waals surface area contributed by atoms with E-state index in [1.165, 1.54) is 25.3 Å². The smallest absolute Gasteiger partial charge is 0.142 e. The molecule has 0 aliphatic heterocycles. The van der Waals surface area contributed by atoms with Crippen LogP contribution in [0.3, 0.4) is 0 Å². The van der Waals surface area contributed by atoms with Crippen molar-refractivity contribution in [3.05, 3.63) is 36.5 Å². The van der Waals surface area contributed by atoms with Gasteiger partial charge in [0.05, 0.1) is 0 Å². The molecule has 0 heterocycles. The number of rotatable bonds is 7. The van der Waals surface area contributed by atoms with E-state index in [0.29, 0.717) is 0 Å². The van der Waals surface area contributed by atoms with Gasteiger partial charge in [0.2, 0.25) is 0 Å². The summed E-state index contributed by atoms with van der Waals surface area (Å²) in [6, 6.07) is 0. The normalized spacial score (nSPS) is 12.1. The van der Waals surface area contributed by atoms with E-state index < -0.39 is 0 Å². The Balaban J connectivity index is 3.34. The molecule has 0 atom stereocenters. The van der Waals surface area contributed by atoms with Crippen LogP contribution in [0.2, 0.25) is 0 Å². The molecule has 0 aliphatic rings. The zero-order valence-corrected chi connectivity index (χ0v) is 8.28. The fraction of sp³-hybridized carbons (Fsp3) is 0.417. The molecule has 0 aliphatic carbocycles. The third-order valence-corrected chi connectivity index (χ3v) is 1.63. The highest BCUT2D eigenvalue weighted by Gasteiger charge is 1.79. The Bertz CT molecular complexity index is 187. The van der Waals surface area contributed by atoms with Crippen LogP contribution in [0.1, 0.15) is 32.6 Å². The molecule has 0 rings (SSSR count). The van der Waals surface area contributed by atoms with Crippen molar-refractivity contribution in [2.45, 2.75) is 32.6 Å². The first-order chi connectivity index (χ1) is 6.41. The lowest BCUT2D eigenvalue weighted by Gasteiger charge is -1.89. The highest BCUT2D eigenvalue weighted by molar-refractivity contribution is 5.65. The van der Waals surface area contributed by atoms with Crippen LogP contribution in [0.25, 0.3) is 0 Å². The van der Waals surface area contributed by atoms with Gasteiger partial charge in [0.1, 0.15) is 6.29 Å². The average molecular weight is 178 g/mol. The van der Waals surface area contributed by atoms with Crippen molar-refractivity contribution in [1.82, 2.24) is 0 Å². The molecule has 0 radical (unpaired) electrons. The maximum atomic E-state index is 9.87. The topological polar surface area (TPSA) is 17.1 Å². The summed E-state index contributed by atoms with van der Waals surface area (Å²) < 4.78 is 0. The summed E-state index contributed by atoms with van der Waals surface area (Å²) in [5.74, 6) is 0. The highest BCUT2D eigenvalue weighted by Crippen LogP contribution is 1.99. The van der Waals surface area contributed by atoms with Crippen LogP contribution in [0.5, 0.6) is 0 Å². The molecule has 0 aromatic carbocycles. The fourth-order valence-electron chi connectivity index (χ4n) is 0.925. The van der Waals surface area contributed by atoms with E-state index in [4.69, 9.17) is 0 Å². The standard InChI is InChI=1S/C12H18O/c1-2-3-4-5-6-7-8-9-10-11-12-13/h6-12H,2-5H2,1H3/b7-6?,9-8?,11-10-. The zero-order chi connectivity index (χ0) is 9.78. The summed E-state index contributed by atoms with van der Waals surface area (Å²) in [6.45, 7) is 2.20. The van der Waals surface area contributed by atoms with E-state index in [9.17, 15) is 4.79 Å². The quantitative estimate of drug-likeness (QED) is 0.252. The number of allylic oxidation sites excluding steroid dienone is 6. The minimum absolute atomic E-state index is 0.773. The van der Waals surface area contributed by atoms with Gasteiger partial charge in [-0.05, 0) is 18.9 Å². The van der Waals surface area contributed by atoms with Gasteiger partial charge in [-0.15, -0.1) is 0 Å². The lowest BCUT2D eigenvalue weighted by molar-refractivity contribution is -0.104. The van der Waals surface area contributed by atoms with E-state index in [1.807, 2.05) is 18.2 Å². The molecule has 0 aromatic heterocycles. The summed E-state index contributed by atoms with van der Waals surface area (Å²) in [4.78, 5) is 9.87. The minimum atomic E-state index is 0.773. The molecule has 72 valence electrons. The third-order valence-electron chi connectivity index (χ3n) is 1.63. The number of unbranched alkanes of at least 4 members (excludes halogenated alkanes) is 3. The fourth-order valence-corrected chi connectivity index (χ4v) is 0.925. The molecule has 0 amide bonds. The van der Waals surface area contributed by atoms with E-state index in [-0.39, 0.29) is 0 Å². The van der Waals surface area contributed by atoms with E-state index in [2.05, 4.69) is 13.0 Å². The Morgan fingerprint density at radius 2 is 1.62 bits per heavy atom. The van der Waals surface area contributed by atoms with Crippen LogP contribution in [0, 0.1) is 0 Å². The van der Waals surface area contributed by atoms with Crippen LogP contribution in [0.4, 0.5) is 0 Å². The number of hydrogen-bond acceptors (Lipinski definition) is 1. The van der Waals surface area contributed by atoms with Crippen molar-refractivity contribution < 1.29 is 4.79 Å². The lowest BCUT2D eigenvalue weighted by Crippen LogP contribution is -1.69. The average Bonchev–Trinajstić information content (AvgIpc) is 2.16. The Kier molecular flexibility index (Phi) is 9.96. The van der Waals surface area contributed by atoms with Crippen molar-refractivity contribution in [1.29, 1.82) is 0 Å². The van der Waals surface area contributed by atoms with Gasteiger partial charge < -0.3 is 0 Å². The lowest BCUT2D eigenvalue weighted by atomic mass is 10.2. The summed E-state index contributed by atoms with van der Waals surface area (Å²) in [5, 5.41) is 0. The van der Waals surface area contributed by atoms with Gasteiger partial charge in [-0.2, -0.15) is 0 Å². The van der Waals surface area contributed by atoms with Gasteiger partial charge in [-0.1, -0.05) is 50.1 Å². The summed E-state index contributed by atoms with van der Waals surface area (Å²) in [5.41, 5.74) is 0. The van der Waals surface area contributed by atoms with Crippen molar-refractivity contribution >= 4 is 6.29 Å². The van der Waals surface area contributed by atoms with E-state index >= 15 is 0 Å². The van der Waals surface area contributed by atoms with Crippen molar-refractivity contribution in [3.8, 4) is 0 Å². The summed E-state index contributed by atoms with van der Waals surface area (Å²) in [6.07, 6.45) is 16.9. The predicted octanol–water partition coefficient (Wildman–Crippen LogP) is 3.43. The maximum absolute atomic E-state index is 9.87. The second kappa shape index (κ2) is 10.9. The maximum Gasteiger partial charge on any atom is 0.142 e. The molecule has 1 heteroatoms. The molecule has 0 saturated carbocycles. The first-order valence-electron chi connectivity index (χ1n) is 4.85. The largest absolute Gasteiger partial charge is 0.299 e. The molecule has 0 saturated heterocycles.